The predicted molar refractivity (Wildman–Crippen MR) is 93.3 cm³/mol. The number of allylic oxidation sites excluding steroid dienone is 1. The van der Waals surface area contributed by atoms with Crippen LogP contribution < -0.4 is 4.90 Å². The van der Waals surface area contributed by atoms with E-state index in [4.69, 9.17) is 4.42 Å². The number of Topliss-reactive ketones (excluding diaryl/α,β-unsaturated/α-hetero) is 1. The van der Waals surface area contributed by atoms with Gasteiger partial charge in [-0.05, 0) is 19.9 Å². The van der Waals surface area contributed by atoms with E-state index >= 15 is 0 Å². The number of furan rings is 1. The third-order valence-electron chi connectivity index (χ3n) is 3.66. The van der Waals surface area contributed by atoms with Crippen molar-refractivity contribution in [1.29, 1.82) is 5.26 Å². The number of carbonyl (C=O) groups excluding carboxylic acids is 1. The molecule has 0 fully saturated rings. The molecule has 0 saturated heterocycles. The summed E-state index contributed by atoms with van der Waals surface area (Å²) in [5.74, 6) is 0.431. The lowest BCUT2D eigenvalue weighted by Crippen LogP contribution is -2.20. The standard InChI is InChI=1S/C18H17N3O4/c1-3-20(4-2)17-9-8-16(25-17)11-14(12-19)18(22)13-6-5-7-15(10-13)21(23)24/h5-11H,3-4H2,1-2H3. The second-order valence-corrected chi connectivity index (χ2v) is 5.15. The van der Waals surface area contributed by atoms with Gasteiger partial charge in [-0.3, -0.25) is 14.9 Å². The van der Waals surface area contributed by atoms with Crippen molar-refractivity contribution in [3.63, 3.8) is 0 Å². The van der Waals surface area contributed by atoms with Crippen LogP contribution in [0.15, 0.2) is 46.4 Å². The molecule has 7 nitrogen and oxygen atoms in total. The minimum atomic E-state index is -0.591. The highest BCUT2D eigenvalue weighted by Crippen LogP contribution is 2.22. The predicted octanol–water partition coefficient (Wildman–Crippen LogP) is 3.82. The number of nitriles is 1. The number of hydrogen-bond acceptors (Lipinski definition) is 6. The number of nitro groups is 1. The minimum Gasteiger partial charge on any atom is -0.441 e. The second kappa shape index (κ2) is 7.93. The van der Waals surface area contributed by atoms with E-state index in [1.807, 2.05) is 24.8 Å². The molecule has 0 N–H and O–H groups in total. The molecule has 2 aromatic rings. The number of anilines is 1. The van der Waals surface area contributed by atoms with Gasteiger partial charge < -0.3 is 9.32 Å². The first-order valence-electron chi connectivity index (χ1n) is 7.75. The van der Waals surface area contributed by atoms with Crippen LogP contribution in [-0.4, -0.2) is 23.8 Å². The Kier molecular flexibility index (Phi) is 5.69. The number of nitro benzene ring substituents is 1. The quantitative estimate of drug-likeness (QED) is 0.250. The van der Waals surface area contributed by atoms with Crippen molar-refractivity contribution in [2.75, 3.05) is 18.0 Å². The summed E-state index contributed by atoms with van der Waals surface area (Å²) in [6, 6.07) is 10.6. The molecule has 0 aliphatic rings. The Morgan fingerprint density at radius 3 is 2.64 bits per heavy atom. The SMILES string of the molecule is CCN(CC)c1ccc(C=C(C#N)C(=O)c2cccc([N+](=O)[O-])c2)o1. The maximum absolute atomic E-state index is 12.4. The first kappa shape index (κ1) is 17.9. The van der Waals surface area contributed by atoms with Crippen molar-refractivity contribution in [2.24, 2.45) is 0 Å². The van der Waals surface area contributed by atoms with E-state index in [0.29, 0.717) is 11.6 Å². The van der Waals surface area contributed by atoms with Crippen molar-refractivity contribution >= 4 is 23.4 Å². The van der Waals surface area contributed by atoms with Crippen molar-refractivity contribution in [3.05, 3.63) is 63.4 Å². The average molecular weight is 339 g/mol. The summed E-state index contributed by atoms with van der Waals surface area (Å²) in [5, 5.41) is 20.1. The van der Waals surface area contributed by atoms with Gasteiger partial charge in [0, 0.05) is 42.9 Å². The van der Waals surface area contributed by atoms with Gasteiger partial charge in [0.2, 0.25) is 5.78 Å². The topological polar surface area (TPSA) is 100 Å². The monoisotopic (exact) mass is 339 g/mol. The average Bonchev–Trinajstić information content (AvgIpc) is 3.08. The fraction of sp³-hybridized carbons (Fsp3) is 0.222. The van der Waals surface area contributed by atoms with E-state index in [2.05, 4.69) is 0 Å². The number of benzene rings is 1. The lowest BCUT2D eigenvalue weighted by molar-refractivity contribution is -0.384. The van der Waals surface area contributed by atoms with Crippen molar-refractivity contribution in [3.8, 4) is 6.07 Å². The summed E-state index contributed by atoms with van der Waals surface area (Å²) in [6.07, 6.45) is 1.34. The molecular formula is C18H17N3O4. The Morgan fingerprint density at radius 2 is 2.04 bits per heavy atom. The molecule has 0 amide bonds. The molecule has 0 aliphatic carbocycles. The molecule has 128 valence electrons. The maximum atomic E-state index is 12.4. The molecule has 0 radical (unpaired) electrons. The molecule has 0 saturated carbocycles. The van der Waals surface area contributed by atoms with Crippen LogP contribution in [0.3, 0.4) is 0 Å². The van der Waals surface area contributed by atoms with Gasteiger partial charge in [-0.15, -0.1) is 0 Å². The first-order chi connectivity index (χ1) is 12.0. The summed E-state index contributed by atoms with van der Waals surface area (Å²) in [4.78, 5) is 24.7. The highest BCUT2D eigenvalue weighted by Gasteiger charge is 2.16. The molecule has 25 heavy (non-hydrogen) atoms. The van der Waals surface area contributed by atoms with Crippen LogP contribution in [0.25, 0.3) is 6.08 Å². The largest absolute Gasteiger partial charge is 0.441 e. The van der Waals surface area contributed by atoms with Gasteiger partial charge in [-0.1, -0.05) is 12.1 Å². The summed E-state index contributed by atoms with van der Waals surface area (Å²) >= 11 is 0. The summed E-state index contributed by atoms with van der Waals surface area (Å²) in [6.45, 7) is 5.53. The molecule has 0 unspecified atom stereocenters. The van der Waals surface area contributed by atoms with Crippen LogP contribution in [0.5, 0.6) is 0 Å². The lowest BCUT2D eigenvalue weighted by atomic mass is 10.0. The number of nitrogens with zero attached hydrogens (tertiary/aromatic N) is 3. The van der Waals surface area contributed by atoms with Crippen LogP contribution in [0.2, 0.25) is 0 Å². The maximum Gasteiger partial charge on any atom is 0.270 e. The molecule has 0 bridgehead atoms. The van der Waals surface area contributed by atoms with E-state index < -0.39 is 10.7 Å². The highest BCUT2D eigenvalue weighted by atomic mass is 16.6. The molecule has 0 aliphatic heterocycles. The van der Waals surface area contributed by atoms with E-state index in [0.717, 1.165) is 19.2 Å². The zero-order chi connectivity index (χ0) is 18.4. The Bertz CT molecular complexity index is 857. The van der Waals surface area contributed by atoms with Gasteiger partial charge >= 0.3 is 0 Å². The zero-order valence-electron chi connectivity index (χ0n) is 13.9. The lowest BCUT2D eigenvalue weighted by Gasteiger charge is -2.16. The molecule has 1 aromatic carbocycles. The summed E-state index contributed by atoms with van der Waals surface area (Å²) in [7, 11) is 0. The van der Waals surface area contributed by atoms with Crippen molar-refractivity contribution in [2.45, 2.75) is 13.8 Å². The number of hydrogen-bond donors (Lipinski definition) is 0. The van der Waals surface area contributed by atoms with Crippen LogP contribution in [-0.2, 0) is 0 Å². The Labute approximate surface area is 144 Å². The van der Waals surface area contributed by atoms with Crippen molar-refractivity contribution < 1.29 is 14.1 Å². The second-order valence-electron chi connectivity index (χ2n) is 5.15. The van der Waals surface area contributed by atoms with Crippen LogP contribution in [0.1, 0.15) is 30.0 Å². The first-order valence-corrected chi connectivity index (χ1v) is 7.75. The molecule has 1 heterocycles. The Balaban J connectivity index is 2.31. The van der Waals surface area contributed by atoms with Gasteiger partial charge in [-0.25, -0.2) is 0 Å². The number of ketones is 1. The van der Waals surface area contributed by atoms with E-state index in [1.54, 1.807) is 12.1 Å². The van der Waals surface area contributed by atoms with Crippen LogP contribution in [0, 0.1) is 21.4 Å². The van der Waals surface area contributed by atoms with E-state index in [1.165, 1.54) is 24.3 Å². The molecule has 2 rings (SSSR count). The minimum absolute atomic E-state index is 0.0810. The highest BCUT2D eigenvalue weighted by molar-refractivity contribution is 6.14. The van der Waals surface area contributed by atoms with Gasteiger partial charge in [-0.2, -0.15) is 5.26 Å². The molecular weight excluding hydrogens is 322 g/mol. The van der Waals surface area contributed by atoms with Gasteiger partial charge in [0.05, 0.1) is 4.92 Å². The number of non-ortho nitro benzene ring substituents is 1. The molecule has 0 atom stereocenters. The molecule has 0 spiro atoms. The van der Waals surface area contributed by atoms with Crippen LogP contribution in [0.4, 0.5) is 11.6 Å². The Morgan fingerprint density at radius 1 is 1.32 bits per heavy atom. The van der Waals surface area contributed by atoms with Gasteiger partial charge in [0.1, 0.15) is 17.4 Å². The fourth-order valence-corrected chi connectivity index (χ4v) is 2.33. The fourth-order valence-electron chi connectivity index (χ4n) is 2.33. The van der Waals surface area contributed by atoms with Gasteiger partial charge in [0.15, 0.2) is 5.88 Å². The normalized spacial score (nSPS) is 11.0. The molecule has 7 heteroatoms. The smallest absolute Gasteiger partial charge is 0.270 e. The van der Waals surface area contributed by atoms with E-state index in [9.17, 15) is 20.2 Å². The third-order valence-corrected chi connectivity index (χ3v) is 3.66. The van der Waals surface area contributed by atoms with Crippen LogP contribution >= 0.6 is 0 Å². The number of carbonyl (C=O) groups is 1. The Hall–Kier alpha value is -3.40. The van der Waals surface area contributed by atoms with E-state index in [-0.39, 0.29) is 16.8 Å². The summed E-state index contributed by atoms with van der Waals surface area (Å²) in [5.41, 5.74) is -0.275. The third kappa shape index (κ3) is 4.12. The zero-order valence-corrected chi connectivity index (χ0v) is 13.9. The number of rotatable bonds is 7. The van der Waals surface area contributed by atoms with Crippen molar-refractivity contribution in [1.82, 2.24) is 0 Å². The summed E-state index contributed by atoms with van der Waals surface area (Å²) < 4.78 is 5.65. The molecule has 1 aromatic heterocycles. The van der Waals surface area contributed by atoms with Gasteiger partial charge in [0.25, 0.3) is 5.69 Å².